The van der Waals surface area contributed by atoms with Crippen LogP contribution in [0.15, 0.2) is 30.5 Å². The third kappa shape index (κ3) is 3.60. The summed E-state index contributed by atoms with van der Waals surface area (Å²) in [4.78, 5) is 4.27. The van der Waals surface area contributed by atoms with E-state index in [9.17, 15) is 0 Å². The van der Waals surface area contributed by atoms with E-state index >= 15 is 0 Å². The molecule has 1 atom stereocenters. The minimum Gasteiger partial charge on any atom is -0.491 e. The van der Waals surface area contributed by atoms with Crippen molar-refractivity contribution < 1.29 is 4.74 Å². The molecule has 0 aliphatic rings. The summed E-state index contributed by atoms with van der Waals surface area (Å²) < 4.78 is 5.57. The number of rotatable bonds is 5. The van der Waals surface area contributed by atoms with Crippen LogP contribution in [-0.2, 0) is 0 Å². The first-order valence-electron chi connectivity index (χ1n) is 6.17. The molecule has 0 saturated heterocycles. The normalized spacial score (nSPS) is 11.6. The molecule has 1 aromatic heterocycles. The Morgan fingerprint density at radius 3 is 2.90 bits per heavy atom. The van der Waals surface area contributed by atoms with Crippen LogP contribution in [0.5, 0.6) is 5.75 Å². The molecule has 0 unspecified atom stereocenters. The maximum atomic E-state index is 8.97. The Bertz CT molecular complexity index is 688. The van der Waals surface area contributed by atoms with Gasteiger partial charge in [0.15, 0.2) is 0 Å². The molecule has 0 bridgehead atoms. The van der Waals surface area contributed by atoms with Crippen LogP contribution >= 0.6 is 11.6 Å². The summed E-state index contributed by atoms with van der Waals surface area (Å²) in [5.41, 5.74) is 0.836. The highest BCUT2D eigenvalue weighted by molar-refractivity contribution is 6.31. The van der Waals surface area contributed by atoms with Crippen molar-refractivity contribution in [2.75, 3.05) is 6.61 Å². The molecule has 1 heterocycles. The molecule has 2 rings (SSSR count). The summed E-state index contributed by atoms with van der Waals surface area (Å²) in [6.07, 6.45) is 2.49. The van der Waals surface area contributed by atoms with Gasteiger partial charge in [-0.25, -0.2) is 0 Å². The van der Waals surface area contributed by atoms with Crippen molar-refractivity contribution >= 4 is 22.5 Å². The van der Waals surface area contributed by atoms with Crippen molar-refractivity contribution in [2.24, 2.45) is 5.92 Å². The Morgan fingerprint density at radius 2 is 2.15 bits per heavy atom. The van der Waals surface area contributed by atoms with Crippen molar-refractivity contribution in [2.45, 2.75) is 12.8 Å². The second-order valence-corrected chi connectivity index (χ2v) is 4.78. The molecular formula is C15H12ClN3O. The molecule has 0 aliphatic carbocycles. The molecule has 5 heteroatoms. The zero-order valence-corrected chi connectivity index (χ0v) is 11.5. The molecule has 1 aromatic carbocycles. The van der Waals surface area contributed by atoms with Crippen molar-refractivity contribution in [3.8, 4) is 17.9 Å². The fourth-order valence-corrected chi connectivity index (χ4v) is 1.96. The second-order valence-electron chi connectivity index (χ2n) is 4.34. The molecule has 0 radical (unpaired) electrons. The van der Waals surface area contributed by atoms with Gasteiger partial charge in [0, 0.05) is 16.8 Å². The fourth-order valence-electron chi connectivity index (χ4n) is 1.78. The van der Waals surface area contributed by atoms with E-state index in [1.807, 2.05) is 24.3 Å². The molecule has 0 fully saturated rings. The molecule has 2 aromatic rings. The van der Waals surface area contributed by atoms with Gasteiger partial charge in [-0.3, -0.25) is 4.98 Å². The second kappa shape index (κ2) is 6.75. The van der Waals surface area contributed by atoms with E-state index in [1.54, 1.807) is 12.3 Å². The number of aromatic nitrogens is 1. The maximum absolute atomic E-state index is 8.97. The van der Waals surface area contributed by atoms with Crippen LogP contribution in [0.4, 0.5) is 0 Å². The Balaban J connectivity index is 2.06. The predicted molar refractivity (Wildman–Crippen MR) is 76.2 cm³/mol. The lowest BCUT2D eigenvalue weighted by Gasteiger charge is -2.10. The highest BCUT2D eigenvalue weighted by Gasteiger charge is 2.08. The number of pyridine rings is 1. The Hall–Kier alpha value is -2.30. The zero-order valence-electron chi connectivity index (χ0n) is 10.7. The first-order valence-corrected chi connectivity index (χ1v) is 6.55. The van der Waals surface area contributed by atoms with E-state index in [4.69, 9.17) is 26.9 Å². The van der Waals surface area contributed by atoms with Gasteiger partial charge in [0.05, 0.1) is 29.8 Å². The predicted octanol–water partition coefficient (Wildman–Crippen LogP) is 3.71. The summed E-state index contributed by atoms with van der Waals surface area (Å²) in [7, 11) is 0. The van der Waals surface area contributed by atoms with Gasteiger partial charge in [0.2, 0.25) is 0 Å². The van der Waals surface area contributed by atoms with E-state index in [2.05, 4.69) is 11.1 Å². The Labute approximate surface area is 122 Å². The Kier molecular flexibility index (Phi) is 4.76. The zero-order chi connectivity index (χ0) is 14.4. The fraction of sp³-hybridized carbons (Fsp3) is 0.267. The molecular weight excluding hydrogens is 274 g/mol. The van der Waals surface area contributed by atoms with Gasteiger partial charge in [0.25, 0.3) is 0 Å². The quantitative estimate of drug-likeness (QED) is 0.839. The minimum atomic E-state index is -0.287. The molecule has 0 N–H and O–H groups in total. The average molecular weight is 286 g/mol. The third-order valence-corrected chi connectivity index (χ3v) is 3.09. The monoisotopic (exact) mass is 285 g/mol. The van der Waals surface area contributed by atoms with E-state index in [-0.39, 0.29) is 12.5 Å². The van der Waals surface area contributed by atoms with Gasteiger partial charge in [-0.2, -0.15) is 10.5 Å². The van der Waals surface area contributed by atoms with Gasteiger partial charge < -0.3 is 4.74 Å². The van der Waals surface area contributed by atoms with Crippen LogP contribution in [0, 0.1) is 28.6 Å². The van der Waals surface area contributed by atoms with E-state index in [0.29, 0.717) is 23.6 Å². The number of halogens is 1. The van der Waals surface area contributed by atoms with Crippen molar-refractivity contribution in [1.82, 2.24) is 4.98 Å². The molecule has 0 amide bonds. The average Bonchev–Trinajstić information content (AvgIpc) is 2.47. The molecule has 0 saturated carbocycles. The summed E-state index contributed by atoms with van der Waals surface area (Å²) >= 11 is 5.94. The van der Waals surface area contributed by atoms with Gasteiger partial charge in [-0.05, 0) is 30.7 Å². The van der Waals surface area contributed by atoms with Gasteiger partial charge in [-0.15, -0.1) is 0 Å². The number of nitrogens with zero attached hydrogens (tertiary/aromatic N) is 3. The lowest BCUT2D eigenvalue weighted by Crippen LogP contribution is -2.10. The van der Waals surface area contributed by atoms with Crippen molar-refractivity contribution in [1.29, 1.82) is 10.5 Å². The molecule has 0 spiro atoms. The molecule has 0 aliphatic heterocycles. The first-order chi connectivity index (χ1) is 9.72. The maximum Gasteiger partial charge on any atom is 0.138 e. The summed E-state index contributed by atoms with van der Waals surface area (Å²) in [5, 5.41) is 19.0. The number of benzene rings is 1. The number of nitriles is 2. The SMILES string of the molecule is N#CCC[C@@H](C#N)COc1cnc2ccc(Cl)cc2c1. The lowest BCUT2D eigenvalue weighted by atomic mass is 10.1. The van der Waals surface area contributed by atoms with Gasteiger partial charge in [-0.1, -0.05) is 11.6 Å². The highest BCUT2D eigenvalue weighted by Crippen LogP contribution is 2.22. The van der Waals surface area contributed by atoms with Crippen LogP contribution in [0.3, 0.4) is 0 Å². The van der Waals surface area contributed by atoms with E-state index < -0.39 is 0 Å². The topological polar surface area (TPSA) is 69.7 Å². The molecule has 100 valence electrons. The van der Waals surface area contributed by atoms with Crippen molar-refractivity contribution in [3.05, 3.63) is 35.5 Å². The molecule has 20 heavy (non-hydrogen) atoms. The van der Waals surface area contributed by atoms with Crippen LogP contribution in [0.25, 0.3) is 10.9 Å². The van der Waals surface area contributed by atoms with E-state index in [1.165, 1.54) is 0 Å². The minimum absolute atomic E-state index is 0.256. The highest BCUT2D eigenvalue weighted by atomic mass is 35.5. The summed E-state index contributed by atoms with van der Waals surface area (Å²) in [6, 6.07) is 11.4. The van der Waals surface area contributed by atoms with Crippen LogP contribution < -0.4 is 4.74 Å². The van der Waals surface area contributed by atoms with E-state index in [0.717, 1.165) is 10.9 Å². The number of hydrogen-bond acceptors (Lipinski definition) is 4. The number of hydrogen-bond donors (Lipinski definition) is 0. The smallest absolute Gasteiger partial charge is 0.138 e. The summed E-state index contributed by atoms with van der Waals surface area (Å²) in [6.45, 7) is 0.256. The van der Waals surface area contributed by atoms with Gasteiger partial charge in [0.1, 0.15) is 12.4 Å². The van der Waals surface area contributed by atoms with Crippen molar-refractivity contribution in [3.63, 3.8) is 0 Å². The molecule has 4 nitrogen and oxygen atoms in total. The largest absolute Gasteiger partial charge is 0.491 e. The number of fused-ring (bicyclic) bond motifs is 1. The van der Waals surface area contributed by atoms with Crippen LogP contribution in [0.2, 0.25) is 5.02 Å². The number of ether oxygens (including phenoxy) is 1. The van der Waals surface area contributed by atoms with Crippen LogP contribution in [-0.4, -0.2) is 11.6 Å². The lowest BCUT2D eigenvalue weighted by molar-refractivity contribution is 0.273. The first kappa shape index (κ1) is 14.1. The standard InChI is InChI=1S/C15H12ClN3O/c16-13-3-4-15-12(6-13)7-14(9-19-15)20-10-11(8-18)2-1-5-17/h3-4,6-7,9,11H,1-2,10H2/t11-/m0/s1. The third-order valence-electron chi connectivity index (χ3n) is 2.86. The van der Waals surface area contributed by atoms with Gasteiger partial charge >= 0.3 is 0 Å². The summed E-state index contributed by atoms with van der Waals surface area (Å²) in [5.74, 6) is 0.307. The van der Waals surface area contributed by atoms with Crippen LogP contribution in [0.1, 0.15) is 12.8 Å². The Morgan fingerprint density at radius 1 is 1.30 bits per heavy atom.